The third kappa shape index (κ3) is 2.70. The summed E-state index contributed by atoms with van der Waals surface area (Å²) in [5.41, 5.74) is 1.48. The maximum absolute atomic E-state index is 10.6. The lowest BCUT2D eigenvalue weighted by Gasteiger charge is -2.60. The number of hydrogen-bond donors (Lipinski definition) is 1. The molecule has 0 amide bonds. The number of rotatable bonds is 1. The lowest BCUT2D eigenvalue weighted by Crippen LogP contribution is -2.56. The molecule has 1 aliphatic heterocycles. The van der Waals surface area contributed by atoms with E-state index in [2.05, 4.69) is 26.8 Å². The van der Waals surface area contributed by atoms with Crippen LogP contribution in [0.5, 0.6) is 5.75 Å². The highest BCUT2D eigenvalue weighted by Gasteiger charge is 2.56. The van der Waals surface area contributed by atoms with Crippen LogP contribution in [0.25, 0.3) is 10.8 Å². The van der Waals surface area contributed by atoms with Gasteiger partial charge in [0.2, 0.25) is 0 Å². The molecule has 3 fully saturated rings. The van der Waals surface area contributed by atoms with Gasteiger partial charge in [-0.25, -0.2) is 0 Å². The SMILES string of the molecule is CC1(C)CCC[C@@]2(C)[C@H]3CO[C@@H](c4c(O)ccc5ccccc45)O[C@H]3CC[C@@H]12. The molecule has 0 radical (unpaired) electrons. The van der Waals surface area contributed by atoms with Crippen LogP contribution in [0.15, 0.2) is 36.4 Å². The van der Waals surface area contributed by atoms with E-state index in [1.807, 2.05) is 24.3 Å². The fraction of sp³-hybridized carbons (Fsp3) is 0.600. The molecular weight excluding hydrogens is 348 g/mol. The number of fused-ring (bicyclic) bond motifs is 4. The summed E-state index contributed by atoms with van der Waals surface area (Å²) in [6.45, 7) is 8.12. The van der Waals surface area contributed by atoms with Gasteiger partial charge in [-0.3, -0.25) is 0 Å². The zero-order valence-electron chi connectivity index (χ0n) is 17.3. The molecule has 0 bridgehead atoms. The van der Waals surface area contributed by atoms with E-state index in [1.165, 1.54) is 25.7 Å². The van der Waals surface area contributed by atoms with Crippen LogP contribution in [-0.2, 0) is 9.47 Å². The average Bonchev–Trinajstić information content (AvgIpc) is 2.67. The average molecular weight is 381 g/mol. The Morgan fingerprint density at radius 1 is 1.00 bits per heavy atom. The molecule has 1 N–H and O–H groups in total. The quantitative estimate of drug-likeness (QED) is 0.640. The number of aromatic hydroxyl groups is 1. The Morgan fingerprint density at radius 3 is 2.68 bits per heavy atom. The maximum Gasteiger partial charge on any atom is 0.188 e. The molecule has 2 aliphatic carbocycles. The lowest BCUT2D eigenvalue weighted by molar-refractivity contribution is -0.285. The Balaban J connectivity index is 1.46. The Hall–Kier alpha value is -1.58. The number of hydrogen-bond acceptors (Lipinski definition) is 3. The fourth-order valence-corrected chi connectivity index (χ4v) is 6.82. The largest absolute Gasteiger partial charge is 0.507 e. The second kappa shape index (κ2) is 6.47. The van der Waals surface area contributed by atoms with Crippen molar-refractivity contribution in [3.8, 4) is 5.75 Å². The summed E-state index contributed by atoms with van der Waals surface area (Å²) in [6, 6.07) is 11.9. The summed E-state index contributed by atoms with van der Waals surface area (Å²) >= 11 is 0. The molecule has 2 aromatic carbocycles. The smallest absolute Gasteiger partial charge is 0.188 e. The van der Waals surface area contributed by atoms with Crippen LogP contribution in [0, 0.1) is 22.7 Å². The summed E-state index contributed by atoms with van der Waals surface area (Å²) in [5.74, 6) is 1.45. The van der Waals surface area contributed by atoms with Crippen LogP contribution < -0.4 is 0 Å². The van der Waals surface area contributed by atoms with Gasteiger partial charge in [-0.2, -0.15) is 0 Å². The van der Waals surface area contributed by atoms with Crippen molar-refractivity contribution in [1.82, 2.24) is 0 Å². The molecular formula is C25H32O3. The minimum atomic E-state index is -0.482. The molecule has 5 rings (SSSR count). The van der Waals surface area contributed by atoms with Crippen molar-refractivity contribution in [2.24, 2.45) is 22.7 Å². The summed E-state index contributed by atoms with van der Waals surface area (Å²) in [5, 5.41) is 12.7. The van der Waals surface area contributed by atoms with Crippen molar-refractivity contribution in [3.63, 3.8) is 0 Å². The third-order valence-electron chi connectivity index (χ3n) is 8.22. The van der Waals surface area contributed by atoms with Crippen LogP contribution in [0.4, 0.5) is 0 Å². The van der Waals surface area contributed by atoms with Crippen molar-refractivity contribution >= 4 is 10.8 Å². The zero-order chi connectivity index (χ0) is 19.5. The highest BCUT2D eigenvalue weighted by atomic mass is 16.7. The molecule has 0 unspecified atom stereocenters. The van der Waals surface area contributed by atoms with Crippen LogP contribution in [0.2, 0.25) is 0 Å². The first-order valence-electron chi connectivity index (χ1n) is 10.9. The minimum Gasteiger partial charge on any atom is -0.507 e. The van der Waals surface area contributed by atoms with Crippen molar-refractivity contribution in [2.45, 2.75) is 65.3 Å². The fourth-order valence-electron chi connectivity index (χ4n) is 6.82. The highest BCUT2D eigenvalue weighted by Crippen LogP contribution is 2.61. The predicted octanol–water partition coefficient (Wildman–Crippen LogP) is 6.20. The van der Waals surface area contributed by atoms with E-state index in [0.29, 0.717) is 11.3 Å². The first-order chi connectivity index (χ1) is 13.4. The van der Waals surface area contributed by atoms with E-state index < -0.39 is 6.29 Å². The number of ether oxygens (including phenoxy) is 2. The first-order valence-corrected chi connectivity index (χ1v) is 10.9. The molecule has 0 spiro atoms. The molecule has 3 heteroatoms. The second-order valence-corrected chi connectivity index (χ2v) is 10.1. The summed E-state index contributed by atoms with van der Waals surface area (Å²) < 4.78 is 12.9. The first kappa shape index (κ1) is 18.4. The van der Waals surface area contributed by atoms with Gasteiger partial charge in [-0.1, -0.05) is 57.5 Å². The maximum atomic E-state index is 10.6. The Kier molecular flexibility index (Phi) is 4.26. The molecule has 1 heterocycles. The van der Waals surface area contributed by atoms with E-state index in [0.717, 1.165) is 35.3 Å². The van der Waals surface area contributed by atoms with Crippen molar-refractivity contribution in [3.05, 3.63) is 42.0 Å². The van der Waals surface area contributed by atoms with Gasteiger partial charge in [-0.15, -0.1) is 0 Å². The van der Waals surface area contributed by atoms with E-state index in [4.69, 9.17) is 9.47 Å². The topological polar surface area (TPSA) is 38.7 Å². The van der Waals surface area contributed by atoms with Gasteiger partial charge < -0.3 is 14.6 Å². The molecule has 2 aromatic rings. The van der Waals surface area contributed by atoms with Crippen LogP contribution in [-0.4, -0.2) is 17.8 Å². The van der Waals surface area contributed by atoms with Crippen LogP contribution >= 0.6 is 0 Å². The number of benzene rings is 2. The van der Waals surface area contributed by atoms with Crippen molar-refractivity contribution in [2.75, 3.05) is 6.61 Å². The van der Waals surface area contributed by atoms with Gasteiger partial charge >= 0.3 is 0 Å². The van der Waals surface area contributed by atoms with Crippen LogP contribution in [0.3, 0.4) is 0 Å². The number of phenolic OH excluding ortho intramolecular Hbond substituents is 1. The molecule has 28 heavy (non-hydrogen) atoms. The molecule has 2 saturated carbocycles. The lowest BCUT2D eigenvalue weighted by atomic mass is 9.48. The molecule has 3 aliphatic rings. The Morgan fingerprint density at radius 2 is 1.82 bits per heavy atom. The Labute approximate surface area is 168 Å². The molecule has 1 saturated heterocycles. The molecule has 5 atom stereocenters. The highest BCUT2D eigenvalue weighted by molar-refractivity contribution is 5.87. The van der Waals surface area contributed by atoms with E-state index in [-0.39, 0.29) is 17.3 Å². The van der Waals surface area contributed by atoms with Crippen molar-refractivity contribution < 1.29 is 14.6 Å². The monoisotopic (exact) mass is 380 g/mol. The van der Waals surface area contributed by atoms with Gasteiger partial charge in [0.05, 0.1) is 18.3 Å². The van der Waals surface area contributed by atoms with Gasteiger partial charge in [0.15, 0.2) is 6.29 Å². The molecule has 150 valence electrons. The summed E-state index contributed by atoms with van der Waals surface area (Å²) in [7, 11) is 0. The van der Waals surface area contributed by atoms with Crippen LogP contribution in [0.1, 0.15) is 64.7 Å². The predicted molar refractivity (Wildman–Crippen MR) is 111 cm³/mol. The van der Waals surface area contributed by atoms with E-state index in [1.54, 1.807) is 6.07 Å². The van der Waals surface area contributed by atoms with Crippen molar-refractivity contribution in [1.29, 1.82) is 0 Å². The molecule has 0 aromatic heterocycles. The van der Waals surface area contributed by atoms with E-state index >= 15 is 0 Å². The standard InChI is InChI=1S/C25H32O3/c1-24(2)13-6-14-25(3)18-15-27-23(28-20(18)11-12-21(24)25)22-17-8-5-4-7-16(17)9-10-19(22)26/h4-5,7-10,18,20-21,23,26H,6,11-15H2,1-3H3/t18-,20-,21-,23+,25-/m0/s1. The zero-order valence-corrected chi connectivity index (χ0v) is 17.3. The normalized spacial score (nSPS) is 37.2. The summed E-state index contributed by atoms with van der Waals surface area (Å²) in [4.78, 5) is 0. The third-order valence-corrected chi connectivity index (χ3v) is 8.22. The molecule has 3 nitrogen and oxygen atoms in total. The van der Waals surface area contributed by atoms with E-state index in [9.17, 15) is 5.11 Å². The van der Waals surface area contributed by atoms with Gasteiger partial charge in [0.1, 0.15) is 5.75 Å². The number of phenols is 1. The summed E-state index contributed by atoms with van der Waals surface area (Å²) in [6.07, 6.45) is 5.98. The van der Waals surface area contributed by atoms with Gasteiger partial charge in [-0.05, 0) is 59.3 Å². The van der Waals surface area contributed by atoms with Gasteiger partial charge in [0.25, 0.3) is 0 Å². The second-order valence-electron chi connectivity index (χ2n) is 10.1. The minimum absolute atomic E-state index is 0.215. The Bertz CT molecular complexity index is 888. The van der Waals surface area contributed by atoms with Gasteiger partial charge in [0, 0.05) is 5.92 Å².